The Morgan fingerprint density at radius 1 is 1.31 bits per heavy atom. The monoisotopic (exact) mass is 467 g/mol. The first-order chi connectivity index (χ1) is 17.1. The Bertz CT molecular complexity index is 1470. The molecule has 1 fully saturated rings. The molecule has 0 radical (unpaired) electrons. The van der Waals surface area contributed by atoms with E-state index in [0.29, 0.717) is 46.8 Å². The van der Waals surface area contributed by atoms with Crippen molar-refractivity contribution in [1.29, 1.82) is 5.26 Å². The molecule has 174 valence electrons. The van der Waals surface area contributed by atoms with Crippen molar-refractivity contribution in [2.75, 3.05) is 13.2 Å². The number of likely N-dealkylation sites (tertiary alicyclic amines) is 1. The van der Waals surface area contributed by atoms with Crippen LogP contribution in [0.25, 0.3) is 33.4 Å². The molecule has 1 amide bonds. The number of carbonyl (C=O) groups excluding carboxylic acids is 1. The zero-order chi connectivity index (χ0) is 24.4. The molecule has 0 aliphatic carbocycles. The molecule has 3 aromatic heterocycles. The molecule has 1 aromatic carbocycles. The van der Waals surface area contributed by atoms with E-state index in [4.69, 9.17) is 4.74 Å². The van der Waals surface area contributed by atoms with Crippen molar-refractivity contribution in [2.24, 2.45) is 0 Å². The summed E-state index contributed by atoms with van der Waals surface area (Å²) < 4.78 is 21.2. The Morgan fingerprint density at radius 3 is 3.03 bits per heavy atom. The Hall–Kier alpha value is -4.51. The van der Waals surface area contributed by atoms with Gasteiger partial charge in [0, 0.05) is 35.6 Å². The van der Waals surface area contributed by atoms with Gasteiger partial charge in [0.2, 0.25) is 5.91 Å². The van der Waals surface area contributed by atoms with Crippen LogP contribution in [0.5, 0.6) is 5.75 Å². The maximum absolute atomic E-state index is 15.1. The fourth-order valence-electron chi connectivity index (χ4n) is 4.58. The van der Waals surface area contributed by atoms with E-state index in [-0.39, 0.29) is 17.5 Å². The molecule has 1 saturated heterocycles. The van der Waals surface area contributed by atoms with Crippen LogP contribution in [0, 0.1) is 17.1 Å². The molecule has 0 unspecified atom stereocenters. The fraction of sp³-hybridized carbons (Fsp3) is 0.185. The molecule has 0 spiro atoms. The Labute approximate surface area is 201 Å². The lowest BCUT2D eigenvalue weighted by molar-refractivity contribution is -0.127. The lowest BCUT2D eigenvalue weighted by atomic mass is 9.98. The van der Waals surface area contributed by atoms with E-state index in [2.05, 4.69) is 27.6 Å². The van der Waals surface area contributed by atoms with Gasteiger partial charge in [0.25, 0.3) is 0 Å². The zero-order valence-electron chi connectivity index (χ0n) is 18.9. The quantitative estimate of drug-likeness (QED) is 0.409. The molecule has 1 atom stereocenters. The topological polar surface area (TPSA) is 94.9 Å². The second-order valence-electron chi connectivity index (χ2n) is 8.30. The van der Waals surface area contributed by atoms with Gasteiger partial charge in [-0.05, 0) is 55.3 Å². The molecule has 35 heavy (non-hydrogen) atoms. The van der Waals surface area contributed by atoms with Gasteiger partial charge in [-0.15, -0.1) is 0 Å². The minimum Gasteiger partial charge on any atom is -0.489 e. The number of pyridine rings is 2. The summed E-state index contributed by atoms with van der Waals surface area (Å²) in [6.07, 6.45) is 7.94. The number of ether oxygens (including phenoxy) is 1. The van der Waals surface area contributed by atoms with E-state index >= 15 is 4.39 Å². The third-order valence-electron chi connectivity index (χ3n) is 6.24. The number of aromatic nitrogens is 3. The molecular formula is C27H22FN5O2. The lowest BCUT2D eigenvalue weighted by Gasteiger charge is -2.24. The number of fused-ring (bicyclic) bond motifs is 1. The number of nitrogens with one attached hydrogen (secondary N) is 1. The lowest BCUT2D eigenvalue weighted by Crippen LogP contribution is -2.38. The summed E-state index contributed by atoms with van der Waals surface area (Å²) in [5.41, 5.74) is 3.74. The molecule has 4 aromatic rings. The van der Waals surface area contributed by atoms with E-state index in [1.807, 2.05) is 6.07 Å². The third kappa shape index (κ3) is 4.13. The molecular weight excluding hydrogens is 445 g/mol. The SMILES string of the molecule is C=CC(=O)N1CCC[C@H]1COc1cnccc1-c1[nH]c2cccnc2c1-c1cc(C#N)ccc1F. The number of nitrogens with zero attached hydrogens (tertiary/aromatic N) is 4. The highest BCUT2D eigenvalue weighted by atomic mass is 19.1. The summed E-state index contributed by atoms with van der Waals surface area (Å²) in [5.74, 6) is -0.0766. The number of amides is 1. The van der Waals surface area contributed by atoms with Crippen LogP contribution in [0.1, 0.15) is 18.4 Å². The fourth-order valence-corrected chi connectivity index (χ4v) is 4.58. The molecule has 1 aliphatic rings. The van der Waals surface area contributed by atoms with Crippen molar-refractivity contribution in [1.82, 2.24) is 19.9 Å². The van der Waals surface area contributed by atoms with Gasteiger partial charge < -0.3 is 14.6 Å². The summed E-state index contributed by atoms with van der Waals surface area (Å²) in [5, 5.41) is 9.39. The van der Waals surface area contributed by atoms with E-state index in [9.17, 15) is 10.1 Å². The number of rotatable bonds is 6. The van der Waals surface area contributed by atoms with Gasteiger partial charge in [0.05, 0.1) is 40.6 Å². The second-order valence-corrected chi connectivity index (χ2v) is 8.30. The maximum atomic E-state index is 15.1. The van der Waals surface area contributed by atoms with Gasteiger partial charge in [0.1, 0.15) is 18.2 Å². The van der Waals surface area contributed by atoms with Crippen LogP contribution in [0.15, 0.2) is 67.6 Å². The average Bonchev–Trinajstić information content (AvgIpc) is 3.52. The van der Waals surface area contributed by atoms with E-state index in [0.717, 1.165) is 18.4 Å². The van der Waals surface area contributed by atoms with Gasteiger partial charge in [-0.1, -0.05) is 6.58 Å². The summed E-state index contributed by atoms with van der Waals surface area (Å²) >= 11 is 0. The predicted octanol–water partition coefficient (Wildman–Crippen LogP) is 4.86. The highest BCUT2D eigenvalue weighted by Crippen LogP contribution is 2.41. The highest BCUT2D eigenvalue weighted by molar-refractivity contribution is 6.02. The number of halogens is 1. The van der Waals surface area contributed by atoms with Crippen molar-refractivity contribution in [3.63, 3.8) is 0 Å². The van der Waals surface area contributed by atoms with Crippen LogP contribution in [0.4, 0.5) is 4.39 Å². The normalized spacial score (nSPS) is 15.2. The van der Waals surface area contributed by atoms with Crippen molar-refractivity contribution in [2.45, 2.75) is 18.9 Å². The van der Waals surface area contributed by atoms with Crippen LogP contribution in [0.2, 0.25) is 0 Å². The number of nitriles is 1. The summed E-state index contributed by atoms with van der Waals surface area (Å²) in [7, 11) is 0. The average molecular weight is 468 g/mol. The minimum absolute atomic E-state index is 0.0674. The number of hydrogen-bond donors (Lipinski definition) is 1. The molecule has 0 saturated carbocycles. The van der Waals surface area contributed by atoms with E-state index in [1.165, 1.54) is 24.3 Å². The molecule has 7 nitrogen and oxygen atoms in total. The second kappa shape index (κ2) is 9.39. The first-order valence-corrected chi connectivity index (χ1v) is 11.3. The highest BCUT2D eigenvalue weighted by Gasteiger charge is 2.28. The predicted molar refractivity (Wildman–Crippen MR) is 130 cm³/mol. The van der Waals surface area contributed by atoms with Gasteiger partial charge >= 0.3 is 0 Å². The summed E-state index contributed by atoms with van der Waals surface area (Å²) in [4.78, 5) is 26.0. The summed E-state index contributed by atoms with van der Waals surface area (Å²) in [6.45, 7) is 4.56. The smallest absolute Gasteiger partial charge is 0.246 e. The van der Waals surface area contributed by atoms with Crippen LogP contribution in [-0.4, -0.2) is 45.0 Å². The molecule has 0 bridgehead atoms. The molecule has 5 rings (SSSR count). The number of hydrogen-bond acceptors (Lipinski definition) is 5. The maximum Gasteiger partial charge on any atom is 0.246 e. The standard InChI is InChI=1S/C27H22FN5O2/c1-2-24(34)33-12-4-5-18(33)16-35-23-15-30-11-9-19(23)26-25(27-22(32-26)6-3-10-31-27)20-13-17(14-29)7-8-21(20)28/h2-3,6-11,13,15,18,32H,1,4-5,12,16H2/t18-/m0/s1. The first kappa shape index (κ1) is 22.3. The number of aromatic amines is 1. The number of benzene rings is 1. The Balaban J connectivity index is 1.59. The van der Waals surface area contributed by atoms with Gasteiger partial charge in [-0.25, -0.2) is 4.39 Å². The zero-order valence-corrected chi connectivity index (χ0v) is 18.9. The van der Waals surface area contributed by atoms with Crippen LogP contribution >= 0.6 is 0 Å². The van der Waals surface area contributed by atoms with Crippen LogP contribution < -0.4 is 4.74 Å². The van der Waals surface area contributed by atoms with E-state index in [1.54, 1.807) is 35.6 Å². The number of H-pyrrole nitrogens is 1. The van der Waals surface area contributed by atoms with Crippen molar-refractivity contribution in [3.8, 4) is 34.2 Å². The third-order valence-corrected chi connectivity index (χ3v) is 6.24. The Morgan fingerprint density at radius 2 is 2.20 bits per heavy atom. The van der Waals surface area contributed by atoms with Gasteiger partial charge in [-0.2, -0.15) is 5.26 Å². The molecule has 1 N–H and O–H groups in total. The van der Waals surface area contributed by atoms with Crippen LogP contribution in [-0.2, 0) is 4.79 Å². The van der Waals surface area contributed by atoms with Crippen molar-refractivity contribution in [3.05, 3.63) is 79.0 Å². The minimum atomic E-state index is -0.460. The first-order valence-electron chi connectivity index (χ1n) is 11.3. The molecule has 8 heteroatoms. The molecule has 1 aliphatic heterocycles. The van der Waals surface area contributed by atoms with Crippen molar-refractivity contribution >= 4 is 16.9 Å². The Kier molecular flexibility index (Phi) is 5.98. The van der Waals surface area contributed by atoms with E-state index < -0.39 is 5.82 Å². The van der Waals surface area contributed by atoms with Crippen molar-refractivity contribution < 1.29 is 13.9 Å². The van der Waals surface area contributed by atoms with Gasteiger partial charge in [0.15, 0.2) is 0 Å². The van der Waals surface area contributed by atoms with Gasteiger partial charge in [-0.3, -0.25) is 14.8 Å². The molecule has 4 heterocycles. The van der Waals surface area contributed by atoms with Crippen LogP contribution in [0.3, 0.4) is 0 Å². The largest absolute Gasteiger partial charge is 0.489 e. The summed E-state index contributed by atoms with van der Waals surface area (Å²) in [6, 6.07) is 11.7. The number of carbonyl (C=O) groups is 1.